The number of anilines is 1. The van der Waals surface area contributed by atoms with Gasteiger partial charge in [0.2, 0.25) is 0 Å². The normalized spacial score (nSPS) is 10.4. The highest BCUT2D eigenvalue weighted by molar-refractivity contribution is 5.47. The molecule has 0 aromatic heterocycles. The van der Waals surface area contributed by atoms with Crippen molar-refractivity contribution in [1.82, 2.24) is 5.32 Å². The quantitative estimate of drug-likeness (QED) is 0.556. The van der Waals surface area contributed by atoms with E-state index in [1.54, 1.807) is 0 Å². The second-order valence-electron chi connectivity index (χ2n) is 5.85. The van der Waals surface area contributed by atoms with Gasteiger partial charge in [-0.2, -0.15) is 0 Å². The predicted octanol–water partition coefficient (Wildman–Crippen LogP) is 4.72. The van der Waals surface area contributed by atoms with Crippen LogP contribution < -0.4 is 15.4 Å². The molecule has 0 spiro atoms. The molecule has 3 aromatic rings. The number of nitrogens with one attached hydrogen (secondary N) is 2. The Balaban J connectivity index is 1.33. The molecule has 3 rings (SSSR count). The number of rotatable bonds is 9. The molecule has 0 aliphatic rings. The lowest BCUT2D eigenvalue weighted by atomic mass is 10.1. The second kappa shape index (κ2) is 9.50. The van der Waals surface area contributed by atoms with Crippen LogP contribution in [0.15, 0.2) is 84.9 Å². The first-order valence-corrected chi connectivity index (χ1v) is 8.72. The van der Waals surface area contributed by atoms with Crippen molar-refractivity contribution >= 4 is 5.69 Å². The van der Waals surface area contributed by atoms with Crippen LogP contribution in [0.3, 0.4) is 0 Å². The van der Waals surface area contributed by atoms with Gasteiger partial charge in [0.15, 0.2) is 0 Å². The molecule has 0 saturated carbocycles. The Labute approximate surface area is 149 Å². The smallest absolute Gasteiger partial charge is 0.127 e. The Morgan fingerprint density at radius 3 is 1.96 bits per heavy atom. The average Bonchev–Trinajstić information content (AvgIpc) is 2.67. The van der Waals surface area contributed by atoms with E-state index in [2.05, 4.69) is 41.0 Å². The van der Waals surface area contributed by atoms with Crippen molar-refractivity contribution in [2.45, 2.75) is 6.42 Å². The van der Waals surface area contributed by atoms with E-state index in [4.69, 9.17) is 4.74 Å². The average molecular weight is 332 g/mol. The summed E-state index contributed by atoms with van der Waals surface area (Å²) in [6.07, 6.45) is 1.06. The minimum atomic E-state index is 0.845. The van der Waals surface area contributed by atoms with Crippen molar-refractivity contribution in [3.63, 3.8) is 0 Å². The largest absolute Gasteiger partial charge is 0.457 e. The van der Waals surface area contributed by atoms with Crippen molar-refractivity contribution in [3.8, 4) is 11.5 Å². The molecule has 0 unspecified atom stereocenters. The van der Waals surface area contributed by atoms with E-state index in [0.29, 0.717) is 0 Å². The third-order valence-corrected chi connectivity index (χ3v) is 3.90. The fraction of sp³-hybridized carbons (Fsp3) is 0.182. The molecule has 0 radical (unpaired) electrons. The van der Waals surface area contributed by atoms with Crippen LogP contribution in [-0.4, -0.2) is 19.6 Å². The standard InChI is InChI=1S/C22H24N2O/c1-3-7-19(8-4-1)15-16-23-17-18-24-20-11-13-22(14-12-20)25-21-9-5-2-6-10-21/h1-14,23-24H,15-18H2. The molecule has 3 aromatic carbocycles. The summed E-state index contributed by atoms with van der Waals surface area (Å²) in [7, 11) is 0. The van der Waals surface area contributed by atoms with Crippen LogP contribution in [0.1, 0.15) is 5.56 Å². The van der Waals surface area contributed by atoms with Crippen molar-refractivity contribution in [2.75, 3.05) is 25.0 Å². The molecular weight excluding hydrogens is 308 g/mol. The Hall–Kier alpha value is -2.78. The van der Waals surface area contributed by atoms with E-state index in [0.717, 1.165) is 43.2 Å². The summed E-state index contributed by atoms with van der Waals surface area (Å²) >= 11 is 0. The molecule has 0 saturated heterocycles. The Morgan fingerprint density at radius 2 is 1.24 bits per heavy atom. The highest BCUT2D eigenvalue weighted by Gasteiger charge is 1.97. The van der Waals surface area contributed by atoms with E-state index in [9.17, 15) is 0 Å². The number of benzene rings is 3. The summed E-state index contributed by atoms with van der Waals surface area (Å²) in [5.74, 6) is 1.70. The first-order chi connectivity index (χ1) is 12.4. The predicted molar refractivity (Wildman–Crippen MR) is 104 cm³/mol. The first kappa shape index (κ1) is 17.1. The Morgan fingerprint density at radius 1 is 0.600 bits per heavy atom. The van der Waals surface area contributed by atoms with Crippen molar-refractivity contribution in [3.05, 3.63) is 90.5 Å². The fourth-order valence-electron chi connectivity index (χ4n) is 2.56. The summed E-state index contributed by atoms with van der Waals surface area (Å²) < 4.78 is 5.79. The Kier molecular flexibility index (Phi) is 6.48. The van der Waals surface area contributed by atoms with Gasteiger partial charge in [0.1, 0.15) is 11.5 Å². The maximum Gasteiger partial charge on any atom is 0.127 e. The molecule has 128 valence electrons. The fourth-order valence-corrected chi connectivity index (χ4v) is 2.56. The molecule has 2 N–H and O–H groups in total. The van der Waals surface area contributed by atoms with E-state index in [-0.39, 0.29) is 0 Å². The van der Waals surface area contributed by atoms with Crippen LogP contribution in [0.5, 0.6) is 11.5 Å². The molecule has 25 heavy (non-hydrogen) atoms. The first-order valence-electron chi connectivity index (χ1n) is 8.72. The molecule has 0 heterocycles. The zero-order valence-corrected chi connectivity index (χ0v) is 14.3. The lowest BCUT2D eigenvalue weighted by molar-refractivity contribution is 0.483. The van der Waals surface area contributed by atoms with Gasteiger partial charge in [0, 0.05) is 18.8 Å². The SMILES string of the molecule is c1ccc(CCNCCNc2ccc(Oc3ccccc3)cc2)cc1. The highest BCUT2D eigenvalue weighted by atomic mass is 16.5. The number of para-hydroxylation sites is 1. The zero-order chi connectivity index (χ0) is 17.2. The minimum Gasteiger partial charge on any atom is -0.457 e. The van der Waals surface area contributed by atoms with Gasteiger partial charge in [0.25, 0.3) is 0 Å². The van der Waals surface area contributed by atoms with Crippen LogP contribution in [0.25, 0.3) is 0 Å². The summed E-state index contributed by atoms with van der Waals surface area (Å²) in [5.41, 5.74) is 2.47. The molecule has 0 aliphatic heterocycles. The number of hydrogen-bond acceptors (Lipinski definition) is 3. The van der Waals surface area contributed by atoms with Crippen molar-refractivity contribution in [2.24, 2.45) is 0 Å². The van der Waals surface area contributed by atoms with Gasteiger partial charge in [-0.1, -0.05) is 48.5 Å². The maximum atomic E-state index is 5.79. The monoisotopic (exact) mass is 332 g/mol. The molecule has 0 aliphatic carbocycles. The lowest BCUT2D eigenvalue weighted by Crippen LogP contribution is -2.24. The Bertz CT molecular complexity index is 727. The third kappa shape index (κ3) is 5.98. The lowest BCUT2D eigenvalue weighted by Gasteiger charge is -2.09. The maximum absolute atomic E-state index is 5.79. The van der Waals surface area contributed by atoms with E-state index in [1.807, 2.05) is 54.6 Å². The second-order valence-corrected chi connectivity index (χ2v) is 5.85. The van der Waals surface area contributed by atoms with E-state index in [1.165, 1.54) is 5.56 Å². The van der Waals surface area contributed by atoms with Crippen molar-refractivity contribution < 1.29 is 4.74 Å². The van der Waals surface area contributed by atoms with E-state index >= 15 is 0 Å². The van der Waals surface area contributed by atoms with Crippen LogP contribution in [0.4, 0.5) is 5.69 Å². The summed E-state index contributed by atoms with van der Waals surface area (Å²) in [5, 5.41) is 6.88. The molecule has 3 heteroatoms. The van der Waals surface area contributed by atoms with E-state index < -0.39 is 0 Å². The molecule has 0 atom stereocenters. The summed E-state index contributed by atoms with van der Waals surface area (Å²) in [4.78, 5) is 0. The third-order valence-electron chi connectivity index (χ3n) is 3.90. The number of hydrogen-bond donors (Lipinski definition) is 2. The van der Waals surface area contributed by atoms with Crippen LogP contribution >= 0.6 is 0 Å². The van der Waals surface area contributed by atoms with Gasteiger partial charge < -0.3 is 15.4 Å². The highest BCUT2D eigenvalue weighted by Crippen LogP contribution is 2.22. The van der Waals surface area contributed by atoms with Crippen LogP contribution in [0, 0.1) is 0 Å². The van der Waals surface area contributed by atoms with Gasteiger partial charge in [-0.05, 0) is 54.9 Å². The molecule has 0 bridgehead atoms. The number of ether oxygens (including phenoxy) is 1. The zero-order valence-electron chi connectivity index (χ0n) is 14.3. The minimum absolute atomic E-state index is 0.845. The molecule has 0 amide bonds. The summed E-state index contributed by atoms with van der Waals surface area (Å²) in [6.45, 7) is 2.83. The molecule has 3 nitrogen and oxygen atoms in total. The van der Waals surface area contributed by atoms with Crippen LogP contribution in [-0.2, 0) is 6.42 Å². The van der Waals surface area contributed by atoms with Crippen molar-refractivity contribution in [1.29, 1.82) is 0 Å². The van der Waals surface area contributed by atoms with Gasteiger partial charge in [-0.3, -0.25) is 0 Å². The van der Waals surface area contributed by atoms with Gasteiger partial charge in [0.05, 0.1) is 0 Å². The van der Waals surface area contributed by atoms with Crippen LogP contribution in [0.2, 0.25) is 0 Å². The summed E-state index contributed by atoms with van der Waals surface area (Å²) in [6, 6.07) is 28.4. The van der Waals surface area contributed by atoms with Gasteiger partial charge in [-0.25, -0.2) is 0 Å². The molecular formula is C22H24N2O. The van der Waals surface area contributed by atoms with Gasteiger partial charge in [-0.15, -0.1) is 0 Å². The van der Waals surface area contributed by atoms with Gasteiger partial charge >= 0.3 is 0 Å². The topological polar surface area (TPSA) is 33.3 Å². The molecule has 0 fully saturated rings.